The molecule has 0 spiro atoms. The first-order valence-corrected chi connectivity index (χ1v) is 6.45. The Kier molecular flexibility index (Phi) is 3.27. The van der Waals surface area contributed by atoms with Crippen LogP contribution in [-0.2, 0) is 0 Å². The Hall–Kier alpha value is -1.25. The van der Waals surface area contributed by atoms with E-state index < -0.39 is 0 Å². The minimum Gasteiger partial charge on any atom is -0.396 e. The van der Waals surface area contributed by atoms with Crippen molar-refractivity contribution < 1.29 is 0 Å². The summed E-state index contributed by atoms with van der Waals surface area (Å²) in [7, 11) is 0. The van der Waals surface area contributed by atoms with E-state index in [0.29, 0.717) is 5.41 Å². The highest BCUT2D eigenvalue weighted by Gasteiger charge is 2.24. The van der Waals surface area contributed by atoms with Gasteiger partial charge in [-0.05, 0) is 43.2 Å². The van der Waals surface area contributed by atoms with Crippen molar-refractivity contribution in [2.24, 2.45) is 5.41 Å². The molecule has 0 atom stereocenters. The van der Waals surface area contributed by atoms with Crippen molar-refractivity contribution in [3.63, 3.8) is 0 Å². The lowest BCUT2D eigenvalue weighted by Gasteiger charge is -2.25. The van der Waals surface area contributed by atoms with Crippen molar-refractivity contribution in [2.75, 3.05) is 23.7 Å². The van der Waals surface area contributed by atoms with E-state index in [1.165, 1.54) is 19.3 Å². The molecule has 3 nitrogen and oxygen atoms in total. The summed E-state index contributed by atoms with van der Waals surface area (Å²) in [5, 5.41) is 0. The Bertz CT molecular complexity index is 398. The molecule has 2 heterocycles. The highest BCUT2D eigenvalue weighted by atomic mass is 15.2. The second kappa shape index (κ2) is 4.55. The molecule has 17 heavy (non-hydrogen) atoms. The minimum atomic E-state index is 0.453. The van der Waals surface area contributed by atoms with Gasteiger partial charge in [-0.3, -0.25) is 0 Å². The van der Waals surface area contributed by atoms with Crippen LogP contribution in [0.5, 0.6) is 0 Å². The quantitative estimate of drug-likeness (QED) is 0.811. The zero-order valence-electron chi connectivity index (χ0n) is 11.2. The molecule has 1 aromatic heterocycles. The van der Waals surface area contributed by atoms with Crippen LogP contribution in [0.15, 0.2) is 12.3 Å². The normalized spacial score (nSPS) is 20.1. The Labute approximate surface area is 104 Å². The van der Waals surface area contributed by atoms with Crippen LogP contribution in [0.4, 0.5) is 11.5 Å². The summed E-state index contributed by atoms with van der Waals surface area (Å²) in [6.07, 6.45) is 5.63. The molecule has 1 fully saturated rings. The van der Waals surface area contributed by atoms with E-state index in [1.54, 1.807) is 0 Å². The Morgan fingerprint density at radius 2 is 2.06 bits per heavy atom. The van der Waals surface area contributed by atoms with Crippen LogP contribution in [0.3, 0.4) is 0 Å². The molecule has 0 unspecified atom stereocenters. The number of nitrogen functional groups attached to an aromatic ring is 1. The van der Waals surface area contributed by atoms with Gasteiger partial charge in [-0.15, -0.1) is 0 Å². The van der Waals surface area contributed by atoms with Crippen LogP contribution in [0.2, 0.25) is 0 Å². The molecule has 0 radical (unpaired) electrons. The smallest absolute Gasteiger partial charge is 0.151 e. The van der Waals surface area contributed by atoms with Gasteiger partial charge in [0.05, 0.1) is 5.69 Å². The van der Waals surface area contributed by atoms with Crippen molar-refractivity contribution in [3.8, 4) is 0 Å². The number of anilines is 2. The topological polar surface area (TPSA) is 42.2 Å². The third-order valence-electron chi connectivity index (χ3n) is 3.67. The van der Waals surface area contributed by atoms with Gasteiger partial charge in [0.2, 0.25) is 0 Å². The zero-order valence-corrected chi connectivity index (χ0v) is 11.2. The molecular weight excluding hydrogens is 210 g/mol. The van der Waals surface area contributed by atoms with Gasteiger partial charge in [0.25, 0.3) is 0 Å². The van der Waals surface area contributed by atoms with Crippen LogP contribution >= 0.6 is 0 Å². The van der Waals surface area contributed by atoms with E-state index in [0.717, 1.165) is 30.2 Å². The largest absolute Gasteiger partial charge is 0.396 e. The molecule has 0 amide bonds. The third kappa shape index (κ3) is 2.90. The summed E-state index contributed by atoms with van der Waals surface area (Å²) in [5.41, 5.74) is 8.46. The average molecular weight is 233 g/mol. The molecule has 0 aliphatic carbocycles. The molecule has 1 saturated heterocycles. The van der Waals surface area contributed by atoms with Crippen LogP contribution in [0, 0.1) is 12.3 Å². The molecule has 0 saturated carbocycles. The number of nitrogens with two attached hydrogens (primary N) is 1. The summed E-state index contributed by atoms with van der Waals surface area (Å²) in [6, 6.07) is 2.01. The van der Waals surface area contributed by atoms with Crippen molar-refractivity contribution in [3.05, 3.63) is 17.8 Å². The molecule has 0 aromatic carbocycles. The van der Waals surface area contributed by atoms with Crippen LogP contribution in [-0.4, -0.2) is 18.1 Å². The Morgan fingerprint density at radius 3 is 2.76 bits per heavy atom. The first-order chi connectivity index (χ1) is 7.98. The second-order valence-electron chi connectivity index (χ2n) is 5.93. The van der Waals surface area contributed by atoms with Gasteiger partial charge in [-0.25, -0.2) is 4.98 Å². The number of aromatic nitrogens is 1. The lowest BCUT2D eigenvalue weighted by atomic mass is 9.85. The van der Waals surface area contributed by atoms with E-state index >= 15 is 0 Å². The summed E-state index contributed by atoms with van der Waals surface area (Å²) in [6.45, 7) is 8.86. The number of hydrogen-bond acceptors (Lipinski definition) is 3. The lowest BCUT2D eigenvalue weighted by molar-refractivity contribution is 0.325. The van der Waals surface area contributed by atoms with Gasteiger partial charge in [0.1, 0.15) is 0 Å². The molecule has 1 aliphatic heterocycles. The van der Waals surface area contributed by atoms with E-state index in [1.807, 2.05) is 19.2 Å². The summed E-state index contributed by atoms with van der Waals surface area (Å²) in [5.74, 6) is 0.966. The van der Waals surface area contributed by atoms with Gasteiger partial charge < -0.3 is 10.6 Å². The maximum absolute atomic E-state index is 6.07. The highest BCUT2D eigenvalue weighted by Crippen LogP contribution is 2.32. The highest BCUT2D eigenvalue weighted by molar-refractivity contribution is 5.63. The van der Waals surface area contributed by atoms with Crippen molar-refractivity contribution in [1.29, 1.82) is 0 Å². The predicted octanol–water partition coefficient (Wildman–Crippen LogP) is 2.99. The van der Waals surface area contributed by atoms with Gasteiger partial charge in [0.15, 0.2) is 5.82 Å². The molecule has 2 rings (SSSR count). The summed E-state index contributed by atoms with van der Waals surface area (Å²) < 4.78 is 0. The molecule has 94 valence electrons. The van der Waals surface area contributed by atoms with Gasteiger partial charge >= 0.3 is 0 Å². The van der Waals surface area contributed by atoms with E-state index in [-0.39, 0.29) is 0 Å². The predicted molar refractivity (Wildman–Crippen MR) is 73.2 cm³/mol. The van der Waals surface area contributed by atoms with Crippen LogP contribution in [0.1, 0.15) is 38.7 Å². The molecular formula is C14H23N3. The average Bonchev–Trinajstić information content (AvgIpc) is 2.40. The van der Waals surface area contributed by atoms with Crippen molar-refractivity contribution in [2.45, 2.75) is 40.0 Å². The van der Waals surface area contributed by atoms with Gasteiger partial charge in [-0.1, -0.05) is 13.8 Å². The molecule has 1 aromatic rings. The molecule has 0 bridgehead atoms. The minimum absolute atomic E-state index is 0.453. The Balaban J connectivity index is 2.17. The maximum Gasteiger partial charge on any atom is 0.151 e. The first kappa shape index (κ1) is 12.2. The number of nitrogens with zero attached hydrogens (tertiary/aromatic N) is 2. The van der Waals surface area contributed by atoms with E-state index in [4.69, 9.17) is 5.73 Å². The number of aryl methyl sites for hydroxylation is 1. The lowest BCUT2D eigenvalue weighted by Crippen LogP contribution is -2.26. The molecule has 2 N–H and O–H groups in total. The maximum atomic E-state index is 6.07. The van der Waals surface area contributed by atoms with E-state index in [9.17, 15) is 0 Å². The monoisotopic (exact) mass is 233 g/mol. The van der Waals surface area contributed by atoms with Crippen LogP contribution in [0.25, 0.3) is 0 Å². The van der Waals surface area contributed by atoms with Crippen LogP contribution < -0.4 is 10.6 Å². The number of hydrogen-bond donors (Lipinski definition) is 1. The fourth-order valence-corrected chi connectivity index (χ4v) is 2.48. The zero-order chi connectivity index (χ0) is 12.5. The first-order valence-electron chi connectivity index (χ1n) is 6.45. The van der Waals surface area contributed by atoms with E-state index in [2.05, 4.69) is 23.7 Å². The van der Waals surface area contributed by atoms with Gasteiger partial charge in [-0.2, -0.15) is 0 Å². The molecule has 1 aliphatic rings. The Morgan fingerprint density at radius 1 is 1.29 bits per heavy atom. The second-order valence-corrected chi connectivity index (χ2v) is 5.93. The van der Waals surface area contributed by atoms with Crippen molar-refractivity contribution >= 4 is 11.5 Å². The number of rotatable bonds is 1. The third-order valence-corrected chi connectivity index (χ3v) is 3.67. The number of pyridine rings is 1. The van der Waals surface area contributed by atoms with Gasteiger partial charge in [0, 0.05) is 19.3 Å². The summed E-state index contributed by atoms with van der Waals surface area (Å²) >= 11 is 0. The fourth-order valence-electron chi connectivity index (χ4n) is 2.48. The standard InChI is InChI=1S/C14H23N3/c1-11-9-12(15)13(16-10-11)17-7-4-5-14(2,3)6-8-17/h9-10H,4-8,15H2,1-3H3. The fraction of sp³-hybridized carbons (Fsp3) is 0.643. The summed E-state index contributed by atoms with van der Waals surface area (Å²) in [4.78, 5) is 6.83. The molecule has 3 heteroatoms. The SMILES string of the molecule is Cc1cnc(N2CCCC(C)(C)CC2)c(N)c1. The van der Waals surface area contributed by atoms with Crippen molar-refractivity contribution in [1.82, 2.24) is 4.98 Å².